The van der Waals surface area contributed by atoms with Crippen LogP contribution in [0.1, 0.15) is 45.4 Å². The van der Waals surface area contributed by atoms with Gasteiger partial charge in [-0.15, -0.1) is 0 Å². The highest BCUT2D eigenvalue weighted by Crippen LogP contribution is 2.36. The van der Waals surface area contributed by atoms with Gasteiger partial charge in [0.2, 0.25) is 11.8 Å². The first-order valence-corrected chi connectivity index (χ1v) is 9.91. The summed E-state index contributed by atoms with van der Waals surface area (Å²) in [5.41, 5.74) is 0.694. The summed E-state index contributed by atoms with van der Waals surface area (Å²) in [5, 5.41) is 0. The van der Waals surface area contributed by atoms with Crippen molar-refractivity contribution in [2.45, 2.75) is 51.5 Å². The van der Waals surface area contributed by atoms with Crippen molar-refractivity contribution in [3.63, 3.8) is 0 Å². The molecule has 2 aliphatic rings. The second-order valence-electron chi connectivity index (χ2n) is 7.36. The van der Waals surface area contributed by atoms with Crippen LogP contribution in [-0.4, -0.2) is 50.1 Å². The van der Waals surface area contributed by atoms with Crippen molar-refractivity contribution in [1.29, 1.82) is 0 Å². The lowest BCUT2D eigenvalue weighted by atomic mass is 9.93. The first-order valence-electron chi connectivity index (χ1n) is 9.91. The Bertz CT molecular complexity index is 685. The monoisotopic (exact) mass is 374 g/mol. The number of hydrogen-bond acceptors (Lipinski definition) is 4. The Morgan fingerprint density at radius 1 is 1.19 bits per heavy atom. The molecular weight excluding hydrogens is 344 g/mol. The topological polar surface area (TPSA) is 59.1 Å². The molecule has 1 aromatic carbocycles. The molecule has 1 aromatic rings. The van der Waals surface area contributed by atoms with Crippen LogP contribution in [0.25, 0.3) is 0 Å². The number of rotatable bonds is 6. The van der Waals surface area contributed by atoms with Gasteiger partial charge in [0.15, 0.2) is 0 Å². The van der Waals surface area contributed by atoms with E-state index in [0.29, 0.717) is 36.3 Å². The van der Waals surface area contributed by atoms with Gasteiger partial charge < -0.3 is 19.3 Å². The number of hydrogen-bond donors (Lipinski definition) is 0. The average Bonchev–Trinajstić information content (AvgIpc) is 3.10. The van der Waals surface area contributed by atoms with Crippen LogP contribution in [0.2, 0.25) is 0 Å². The summed E-state index contributed by atoms with van der Waals surface area (Å²) in [6.07, 6.45) is 6.05. The predicted molar refractivity (Wildman–Crippen MR) is 104 cm³/mol. The maximum Gasteiger partial charge on any atom is 0.228 e. The fourth-order valence-electron chi connectivity index (χ4n) is 4.33. The molecule has 0 aromatic heterocycles. The Hall–Kier alpha value is -2.24. The van der Waals surface area contributed by atoms with E-state index in [2.05, 4.69) is 0 Å². The van der Waals surface area contributed by atoms with Crippen molar-refractivity contribution in [3.8, 4) is 11.5 Å². The lowest BCUT2D eigenvalue weighted by molar-refractivity contribution is -0.138. The first kappa shape index (κ1) is 19.5. The summed E-state index contributed by atoms with van der Waals surface area (Å²) in [7, 11) is 3.16. The number of carbonyl (C=O) groups excluding carboxylic acids is 2. The summed E-state index contributed by atoms with van der Waals surface area (Å²) in [5.74, 6) is 1.05. The molecule has 148 valence electrons. The normalized spacial score (nSPS) is 20.6. The van der Waals surface area contributed by atoms with E-state index in [4.69, 9.17) is 9.47 Å². The first-order chi connectivity index (χ1) is 13.1. The average molecular weight is 374 g/mol. The number of ether oxygens (including phenoxy) is 2. The fourth-order valence-corrected chi connectivity index (χ4v) is 4.33. The van der Waals surface area contributed by atoms with Crippen LogP contribution in [-0.2, 0) is 9.59 Å². The van der Waals surface area contributed by atoms with Gasteiger partial charge in [-0.25, -0.2) is 0 Å². The van der Waals surface area contributed by atoms with Gasteiger partial charge in [-0.2, -0.15) is 0 Å². The van der Waals surface area contributed by atoms with Gasteiger partial charge >= 0.3 is 0 Å². The van der Waals surface area contributed by atoms with Gasteiger partial charge in [-0.1, -0.05) is 19.3 Å². The van der Waals surface area contributed by atoms with E-state index in [-0.39, 0.29) is 24.2 Å². The van der Waals surface area contributed by atoms with Gasteiger partial charge in [0, 0.05) is 31.6 Å². The number of carbonyl (C=O) groups is 2. The molecule has 1 saturated carbocycles. The Labute approximate surface area is 161 Å². The van der Waals surface area contributed by atoms with Crippen molar-refractivity contribution in [1.82, 2.24) is 4.90 Å². The van der Waals surface area contributed by atoms with Crippen molar-refractivity contribution < 1.29 is 19.1 Å². The van der Waals surface area contributed by atoms with Gasteiger partial charge in [-0.3, -0.25) is 9.59 Å². The number of benzene rings is 1. The zero-order chi connectivity index (χ0) is 19.4. The molecular formula is C21H30N2O4. The quantitative estimate of drug-likeness (QED) is 0.767. The van der Waals surface area contributed by atoms with Gasteiger partial charge in [0.25, 0.3) is 0 Å². The highest BCUT2D eigenvalue weighted by atomic mass is 16.5. The highest BCUT2D eigenvalue weighted by Gasteiger charge is 2.39. The summed E-state index contributed by atoms with van der Waals surface area (Å²) < 4.78 is 10.7. The van der Waals surface area contributed by atoms with Crippen LogP contribution < -0.4 is 14.4 Å². The molecule has 2 fully saturated rings. The fraction of sp³-hybridized carbons (Fsp3) is 0.619. The predicted octanol–water partition coefficient (Wildman–Crippen LogP) is 3.24. The molecule has 3 rings (SSSR count). The van der Waals surface area contributed by atoms with Crippen LogP contribution in [0.4, 0.5) is 5.69 Å². The van der Waals surface area contributed by atoms with Crippen LogP contribution >= 0.6 is 0 Å². The Kier molecular flexibility index (Phi) is 6.24. The van der Waals surface area contributed by atoms with Crippen molar-refractivity contribution in [2.24, 2.45) is 5.92 Å². The maximum absolute atomic E-state index is 13.1. The van der Waals surface area contributed by atoms with Crippen molar-refractivity contribution in [3.05, 3.63) is 18.2 Å². The molecule has 1 atom stereocenters. The zero-order valence-electron chi connectivity index (χ0n) is 16.6. The lowest BCUT2D eigenvalue weighted by Crippen LogP contribution is -2.45. The molecule has 0 spiro atoms. The number of amides is 2. The molecule has 1 aliphatic carbocycles. The SMILES string of the molecule is CCN(C(=O)C1CC(=O)N(c2ccc(OC)cc2OC)C1)C1CCCCC1. The summed E-state index contributed by atoms with van der Waals surface area (Å²) in [4.78, 5) is 29.5. The summed E-state index contributed by atoms with van der Waals surface area (Å²) in [6, 6.07) is 5.72. The van der Waals surface area contributed by atoms with Crippen LogP contribution in [0.3, 0.4) is 0 Å². The van der Waals surface area contributed by atoms with Crippen LogP contribution in [0.15, 0.2) is 18.2 Å². The van der Waals surface area contributed by atoms with Crippen LogP contribution in [0.5, 0.6) is 11.5 Å². The second kappa shape index (κ2) is 8.63. The Balaban J connectivity index is 1.75. The van der Waals surface area contributed by atoms with E-state index in [1.165, 1.54) is 19.3 Å². The third-order valence-corrected chi connectivity index (χ3v) is 5.79. The Morgan fingerprint density at radius 3 is 2.56 bits per heavy atom. The lowest BCUT2D eigenvalue weighted by Gasteiger charge is -2.35. The molecule has 6 nitrogen and oxygen atoms in total. The number of methoxy groups -OCH3 is 2. The highest BCUT2D eigenvalue weighted by molar-refractivity contribution is 6.01. The van der Waals surface area contributed by atoms with E-state index in [1.54, 1.807) is 31.3 Å². The van der Waals surface area contributed by atoms with E-state index >= 15 is 0 Å². The molecule has 0 N–H and O–H groups in total. The molecule has 0 radical (unpaired) electrons. The van der Waals surface area contributed by atoms with Crippen molar-refractivity contribution >= 4 is 17.5 Å². The molecule has 1 aliphatic heterocycles. The van der Waals surface area contributed by atoms with Gasteiger partial charge in [0.1, 0.15) is 11.5 Å². The molecule has 0 bridgehead atoms. The van der Waals surface area contributed by atoms with Crippen molar-refractivity contribution in [2.75, 3.05) is 32.2 Å². The van der Waals surface area contributed by atoms with E-state index in [0.717, 1.165) is 12.8 Å². The number of anilines is 1. The molecule has 27 heavy (non-hydrogen) atoms. The van der Waals surface area contributed by atoms with E-state index < -0.39 is 0 Å². The third-order valence-electron chi connectivity index (χ3n) is 5.79. The molecule has 1 unspecified atom stereocenters. The third kappa shape index (κ3) is 4.04. The summed E-state index contributed by atoms with van der Waals surface area (Å²) in [6.45, 7) is 3.15. The van der Waals surface area contributed by atoms with E-state index in [1.807, 2.05) is 17.9 Å². The second-order valence-corrected chi connectivity index (χ2v) is 7.36. The molecule has 1 heterocycles. The molecule has 1 saturated heterocycles. The minimum atomic E-state index is -0.286. The molecule has 6 heteroatoms. The molecule has 2 amide bonds. The standard InChI is InChI=1S/C21H30N2O4/c1-4-22(16-8-6-5-7-9-16)21(25)15-12-20(24)23(14-15)18-11-10-17(26-2)13-19(18)27-3/h10-11,13,15-16H,4-9,12,14H2,1-3H3. The van der Waals surface area contributed by atoms with Gasteiger partial charge in [-0.05, 0) is 31.9 Å². The largest absolute Gasteiger partial charge is 0.497 e. The van der Waals surface area contributed by atoms with E-state index in [9.17, 15) is 9.59 Å². The Morgan fingerprint density at radius 2 is 1.93 bits per heavy atom. The number of nitrogens with zero attached hydrogens (tertiary/aromatic N) is 2. The minimum Gasteiger partial charge on any atom is -0.497 e. The minimum absolute atomic E-state index is 0.0310. The zero-order valence-corrected chi connectivity index (χ0v) is 16.6. The van der Waals surface area contributed by atoms with Gasteiger partial charge in [0.05, 0.1) is 25.8 Å². The van der Waals surface area contributed by atoms with Crippen LogP contribution in [0, 0.1) is 5.92 Å². The smallest absolute Gasteiger partial charge is 0.228 e. The summed E-state index contributed by atoms with van der Waals surface area (Å²) >= 11 is 0. The maximum atomic E-state index is 13.1.